The van der Waals surface area contributed by atoms with Crippen LogP contribution in [0.2, 0.25) is 0 Å². The summed E-state index contributed by atoms with van der Waals surface area (Å²) in [5, 5.41) is 9.45. The van der Waals surface area contributed by atoms with E-state index >= 15 is 0 Å². The number of likely N-dealkylation sites (tertiary alicyclic amines) is 2. The van der Waals surface area contributed by atoms with Gasteiger partial charge in [-0.1, -0.05) is 0 Å². The number of hydrogen-bond donors (Lipinski definition) is 1. The Morgan fingerprint density at radius 3 is 2.60 bits per heavy atom. The van der Waals surface area contributed by atoms with E-state index in [1.54, 1.807) is 0 Å². The van der Waals surface area contributed by atoms with Gasteiger partial charge in [0.25, 0.3) is 0 Å². The molecule has 4 nitrogen and oxygen atoms in total. The molecule has 0 spiro atoms. The lowest BCUT2D eigenvalue weighted by atomic mass is 9.81. The van der Waals surface area contributed by atoms with E-state index < -0.39 is 11.4 Å². The number of piperidine rings is 1. The molecule has 2 aliphatic rings. The predicted molar refractivity (Wildman–Crippen MR) is 80.9 cm³/mol. The van der Waals surface area contributed by atoms with Crippen LogP contribution in [0.25, 0.3) is 0 Å². The van der Waals surface area contributed by atoms with E-state index in [4.69, 9.17) is 0 Å². The molecule has 2 atom stereocenters. The molecule has 0 amide bonds. The third kappa shape index (κ3) is 3.53. The molecular weight excluding hydrogens is 252 g/mol. The molecule has 2 rings (SSSR count). The molecular formula is C16H30N2O2. The van der Waals surface area contributed by atoms with Crippen molar-refractivity contribution in [2.75, 3.05) is 26.2 Å². The lowest BCUT2D eigenvalue weighted by Gasteiger charge is -2.41. The molecule has 2 fully saturated rings. The van der Waals surface area contributed by atoms with E-state index in [1.165, 1.54) is 25.8 Å². The maximum atomic E-state index is 11.5. The summed E-state index contributed by atoms with van der Waals surface area (Å²) in [6, 6.07) is 1.21. The molecule has 0 radical (unpaired) electrons. The Balaban J connectivity index is 1.96. The molecule has 1 N–H and O–H groups in total. The summed E-state index contributed by atoms with van der Waals surface area (Å²) in [4.78, 5) is 16.5. The van der Waals surface area contributed by atoms with Crippen molar-refractivity contribution in [1.82, 2.24) is 9.80 Å². The minimum absolute atomic E-state index is 0.539. The van der Waals surface area contributed by atoms with Crippen LogP contribution < -0.4 is 0 Å². The fraction of sp³-hybridized carbons (Fsp3) is 0.938. The van der Waals surface area contributed by atoms with Gasteiger partial charge >= 0.3 is 5.97 Å². The first kappa shape index (κ1) is 15.8. The van der Waals surface area contributed by atoms with Crippen LogP contribution in [0.15, 0.2) is 0 Å². The quantitative estimate of drug-likeness (QED) is 0.863. The zero-order valence-electron chi connectivity index (χ0n) is 13.3. The average molecular weight is 282 g/mol. The van der Waals surface area contributed by atoms with Crippen molar-refractivity contribution in [1.29, 1.82) is 0 Å². The van der Waals surface area contributed by atoms with Gasteiger partial charge in [0.05, 0.1) is 5.41 Å². The van der Waals surface area contributed by atoms with Gasteiger partial charge in [0.1, 0.15) is 0 Å². The monoisotopic (exact) mass is 282 g/mol. The van der Waals surface area contributed by atoms with Crippen LogP contribution in [-0.4, -0.2) is 59.1 Å². The highest BCUT2D eigenvalue weighted by Gasteiger charge is 2.39. The first-order valence-electron chi connectivity index (χ1n) is 8.14. The van der Waals surface area contributed by atoms with Crippen molar-refractivity contribution in [3.63, 3.8) is 0 Å². The maximum absolute atomic E-state index is 11.5. The maximum Gasteiger partial charge on any atom is 0.310 e. The van der Waals surface area contributed by atoms with Crippen LogP contribution >= 0.6 is 0 Å². The van der Waals surface area contributed by atoms with Gasteiger partial charge in [0.2, 0.25) is 0 Å². The Bertz CT molecular complexity index is 345. The van der Waals surface area contributed by atoms with E-state index in [0.717, 1.165) is 32.5 Å². The van der Waals surface area contributed by atoms with Gasteiger partial charge in [-0.05, 0) is 72.5 Å². The van der Waals surface area contributed by atoms with Gasteiger partial charge in [-0.25, -0.2) is 0 Å². The van der Waals surface area contributed by atoms with Crippen LogP contribution in [0.3, 0.4) is 0 Å². The van der Waals surface area contributed by atoms with Crippen LogP contribution in [0.5, 0.6) is 0 Å². The highest BCUT2D eigenvalue weighted by atomic mass is 16.4. The second-order valence-corrected chi connectivity index (χ2v) is 7.15. The molecule has 4 heteroatoms. The van der Waals surface area contributed by atoms with Crippen LogP contribution in [0, 0.1) is 5.41 Å². The third-order valence-corrected chi connectivity index (χ3v) is 5.22. The number of carbonyl (C=O) groups is 1. The smallest absolute Gasteiger partial charge is 0.310 e. The van der Waals surface area contributed by atoms with Crippen molar-refractivity contribution < 1.29 is 9.90 Å². The molecule has 0 saturated carbocycles. The van der Waals surface area contributed by atoms with Crippen LogP contribution in [0.4, 0.5) is 0 Å². The Labute approximate surface area is 123 Å². The van der Waals surface area contributed by atoms with E-state index in [1.807, 2.05) is 6.92 Å². The van der Waals surface area contributed by atoms with Crippen molar-refractivity contribution in [2.45, 2.75) is 65.0 Å². The zero-order valence-corrected chi connectivity index (χ0v) is 13.3. The Hall–Kier alpha value is -0.610. The molecule has 0 bridgehead atoms. The molecule has 2 saturated heterocycles. The van der Waals surface area contributed by atoms with Crippen LogP contribution in [0.1, 0.15) is 52.9 Å². The number of carboxylic acids is 1. The number of carboxylic acid groups (broad SMARTS) is 1. The first-order chi connectivity index (χ1) is 9.42. The van der Waals surface area contributed by atoms with Gasteiger partial charge in [0.15, 0.2) is 0 Å². The summed E-state index contributed by atoms with van der Waals surface area (Å²) >= 11 is 0. The lowest BCUT2D eigenvalue weighted by Crippen LogP contribution is -2.50. The van der Waals surface area contributed by atoms with Gasteiger partial charge < -0.3 is 10.0 Å². The lowest BCUT2D eigenvalue weighted by molar-refractivity contribution is -0.151. The van der Waals surface area contributed by atoms with E-state index in [9.17, 15) is 9.90 Å². The SMILES string of the molecule is CC(C)N1CCCC(N2CCCC(C)(C(=O)O)C2)CC1. The Morgan fingerprint density at radius 1 is 1.20 bits per heavy atom. The molecule has 0 aromatic rings. The molecule has 2 heterocycles. The second-order valence-electron chi connectivity index (χ2n) is 7.15. The highest BCUT2D eigenvalue weighted by Crippen LogP contribution is 2.32. The fourth-order valence-corrected chi connectivity index (χ4v) is 3.75. The molecule has 20 heavy (non-hydrogen) atoms. The Morgan fingerprint density at radius 2 is 1.95 bits per heavy atom. The summed E-state index contributed by atoms with van der Waals surface area (Å²) in [6.07, 6.45) is 5.49. The fourth-order valence-electron chi connectivity index (χ4n) is 3.75. The third-order valence-electron chi connectivity index (χ3n) is 5.22. The highest BCUT2D eigenvalue weighted by molar-refractivity contribution is 5.74. The van der Waals surface area contributed by atoms with E-state index in [2.05, 4.69) is 23.6 Å². The van der Waals surface area contributed by atoms with Crippen molar-refractivity contribution in [2.24, 2.45) is 5.41 Å². The molecule has 2 unspecified atom stereocenters. The second kappa shape index (κ2) is 6.44. The van der Waals surface area contributed by atoms with Gasteiger partial charge in [-0.3, -0.25) is 9.69 Å². The molecule has 0 aromatic heterocycles. The predicted octanol–water partition coefficient (Wildman–Crippen LogP) is 2.44. The molecule has 0 aliphatic carbocycles. The zero-order chi connectivity index (χ0) is 14.8. The number of aliphatic carboxylic acids is 1. The van der Waals surface area contributed by atoms with Crippen LogP contribution in [-0.2, 0) is 4.79 Å². The average Bonchev–Trinajstić information content (AvgIpc) is 2.64. The van der Waals surface area contributed by atoms with Gasteiger partial charge in [-0.2, -0.15) is 0 Å². The summed E-state index contributed by atoms with van der Waals surface area (Å²) in [7, 11) is 0. The summed E-state index contributed by atoms with van der Waals surface area (Å²) in [6.45, 7) is 10.6. The largest absolute Gasteiger partial charge is 0.481 e. The molecule has 2 aliphatic heterocycles. The minimum atomic E-state index is -0.625. The van der Waals surface area contributed by atoms with Crippen molar-refractivity contribution >= 4 is 5.97 Å². The van der Waals surface area contributed by atoms with E-state index in [-0.39, 0.29) is 0 Å². The normalized spacial score (nSPS) is 34.1. The van der Waals surface area contributed by atoms with Crippen molar-refractivity contribution in [3.05, 3.63) is 0 Å². The number of rotatable bonds is 3. The minimum Gasteiger partial charge on any atom is -0.481 e. The molecule has 0 aromatic carbocycles. The summed E-state index contributed by atoms with van der Waals surface area (Å²) < 4.78 is 0. The van der Waals surface area contributed by atoms with Gasteiger partial charge in [-0.15, -0.1) is 0 Å². The van der Waals surface area contributed by atoms with Gasteiger partial charge in [0, 0.05) is 18.6 Å². The topological polar surface area (TPSA) is 43.8 Å². The standard InChI is InChI=1S/C16H30N2O2/c1-13(2)17-9-4-6-14(7-11-17)18-10-5-8-16(3,12-18)15(19)20/h13-14H,4-12H2,1-3H3,(H,19,20). The summed E-state index contributed by atoms with van der Waals surface area (Å²) in [5.74, 6) is -0.625. The number of nitrogens with zero attached hydrogens (tertiary/aromatic N) is 2. The summed E-state index contributed by atoms with van der Waals surface area (Å²) in [5.41, 5.74) is -0.539. The number of hydrogen-bond acceptors (Lipinski definition) is 3. The molecule has 116 valence electrons. The Kier molecular flexibility index (Phi) is 5.08. The van der Waals surface area contributed by atoms with E-state index in [0.29, 0.717) is 12.1 Å². The van der Waals surface area contributed by atoms with Crippen molar-refractivity contribution in [3.8, 4) is 0 Å². The first-order valence-corrected chi connectivity index (χ1v) is 8.14.